The summed E-state index contributed by atoms with van der Waals surface area (Å²) in [6.45, 7) is 3.63. The van der Waals surface area contributed by atoms with Gasteiger partial charge in [0.1, 0.15) is 0 Å². The average molecular weight is 140 g/mol. The van der Waals surface area contributed by atoms with E-state index in [1.807, 2.05) is 18.2 Å². The molecule has 1 rings (SSSR count). The topological polar surface area (TPSA) is 9.23 Å². The summed E-state index contributed by atoms with van der Waals surface area (Å²) in [6.07, 6.45) is 1.81. The first-order valence-electron chi connectivity index (χ1n) is 2.63. The van der Waals surface area contributed by atoms with Gasteiger partial charge in [-0.25, -0.2) is 0 Å². The summed E-state index contributed by atoms with van der Waals surface area (Å²) in [5.41, 5.74) is 0. The van der Waals surface area contributed by atoms with Crippen LogP contribution < -0.4 is 4.74 Å². The third-order valence-electron chi connectivity index (χ3n) is 1.00. The summed E-state index contributed by atoms with van der Waals surface area (Å²) in [5, 5.41) is 0.935. The van der Waals surface area contributed by atoms with Gasteiger partial charge in [0.05, 0.1) is 7.11 Å². The number of rotatable bonds is 2. The van der Waals surface area contributed by atoms with Gasteiger partial charge in [0.15, 0.2) is 5.06 Å². The smallest absolute Gasteiger partial charge is 0.173 e. The molecule has 0 radical (unpaired) electrons. The van der Waals surface area contributed by atoms with E-state index in [1.54, 1.807) is 18.4 Å². The Balaban J connectivity index is 2.86. The Hall–Kier alpha value is -0.760. The van der Waals surface area contributed by atoms with Crippen LogP contribution in [0.15, 0.2) is 18.7 Å². The van der Waals surface area contributed by atoms with Gasteiger partial charge in [-0.1, -0.05) is 24.0 Å². The van der Waals surface area contributed by atoms with Crippen LogP contribution in [0, 0.1) is 0 Å². The van der Waals surface area contributed by atoms with Crippen molar-refractivity contribution in [3.63, 3.8) is 0 Å². The molecule has 0 aliphatic rings. The number of methoxy groups -OCH3 is 1. The third kappa shape index (κ3) is 1.33. The molecule has 0 aromatic carbocycles. The van der Waals surface area contributed by atoms with Crippen LogP contribution in [0.3, 0.4) is 0 Å². The number of hydrogen-bond acceptors (Lipinski definition) is 2. The lowest BCUT2D eigenvalue weighted by molar-refractivity contribution is 0.427. The molecule has 0 saturated heterocycles. The lowest BCUT2D eigenvalue weighted by atomic mass is 10.5. The molecule has 9 heavy (non-hydrogen) atoms. The molecule has 0 aliphatic heterocycles. The lowest BCUT2D eigenvalue weighted by Gasteiger charge is -1.87. The van der Waals surface area contributed by atoms with Crippen molar-refractivity contribution in [1.82, 2.24) is 0 Å². The Bertz CT molecular complexity index is 202. The Labute approximate surface area is 58.6 Å². The minimum Gasteiger partial charge on any atom is -0.487 e. The molecule has 0 fully saturated rings. The highest BCUT2D eigenvalue weighted by Crippen LogP contribution is 2.23. The second-order valence-electron chi connectivity index (χ2n) is 1.57. The average Bonchev–Trinajstić information content (AvgIpc) is 2.34. The van der Waals surface area contributed by atoms with E-state index < -0.39 is 0 Å². The summed E-state index contributed by atoms with van der Waals surface area (Å²) in [6, 6.07) is 3.91. The zero-order valence-corrected chi connectivity index (χ0v) is 6.07. The van der Waals surface area contributed by atoms with Gasteiger partial charge < -0.3 is 4.74 Å². The number of hydrogen-bond donors (Lipinski definition) is 0. The van der Waals surface area contributed by atoms with Crippen molar-refractivity contribution < 1.29 is 4.74 Å². The minimum absolute atomic E-state index is 0.935. The van der Waals surface area contributed by atoms with Crippen LogP contribution in [0.25, 0.3) is 6.08 Å². The summed E-state index contributed by atoms with van der Waals surface area (Å²) >= 11 is 1.59. The van der Waals surface area contributed by atoms with Gasteiger partial charge in [-0.2, -0.15) is 0 Å². The molecule has 0 amide bonds. The molecule has 1 nitrogen and oxygen atoms in total. The van der Waals surface area contributed by atoms with Gasteiger partial charge >= 0.3 is 0 Å². The molecule has 1 aromatic heterocycles. The monoisotopic (exact) mass is 140 g/mol. The van der Waals surface area contributed by atoms with E-state index in [2.05, 4.69) is 6.58 Å². The lowest BCUT2D eigenvalue weighted by Crippen LogP contribution is -1.73. The second kappa shape index (κ2) is 2.69. The molecular weight excluding hydrogens is 132 g/mol. The highest BCUT2D eigenvalue weighted by Gasteiger charge is 1.92. The molecule has 2 heteroatoms. The van der Waals surface area contributed by atoms with Gasteiger partial charge in [0.2, 0.25) is 0 Å². The van der Waals surface area contributed by atoms with E-state index in [-0.39, 0.29) is 0 Å². The third-order valence-corrected chi connectivity index (χ3v) is 2.05. The van der Waals surface area contributed by atoms with Crippen molar-refractivity contribution >= 4 is 17.4 Å². The maximum Gasteiger partial charge on any atom is 0.173 e. The first kappa shape index (κ1) is 6.36. The summed E-state index contributed by atoms with van der Waals surface area (Å²) < 4.78 is 4.97. The second-order valence-corrected chi connectivity index (χ2v) is 2.64. The van der Waals surface area contributed by atoms with Crippen molar-refractivity contribution in [2.24, 2.45) is 0 Å². The van der Waals surface area contributed by atoms with Crippen LogP contribution in [0.2, 0.25) is 0 Å². The fourth-order valence-corrected chi connectivity index (χ4v) is 1.22. The van der Waals surface area contributed by atoms with E-state index in [0.29, 0.717) is 0 Å². The summed E-state index contributed by atoms with van der Waals surface area (Å²) in [7, 11) is 1.67. The molecule has 0 N–H and O–H groups in total. The molecule has 48 valence electrons. The van der Waals surface area contributed by atoms with Gasteiger partial charge in [0.25, 0.3) is 0 Å². The number of ether oxygens (including phenoxy) is 1. The summed E-state index contributed by atoms with van der Waals surface area (Å²) in [5.74, 6) is 0. The maximum absolute atomic E-state index is 4.97. The van der Waals surface area contributed by atoms with Gasteiger partial charge in [-0.05, 0) is 12.1 Å². The minimum atomic E-state index is 0.935. The molecular formula is C7H8OS. The van der Waals surface area contributed by atoms with Crippen LogP contribution in [-0.4, -0.2) is 7.11 Å². The van der Waals surface area contributed by atoms with Crippen molar-refractivity contribution in [3.05, 3.63) is 23.6 Å². The highest BCUT2D eigenvalue weighted by atomic mass is 32.1. The first-order valence-corrected chi connectivity index (χ1v) is 3.44. The van der Waals surface area contributed by atoms with Crippen molar-refractivity contribution in [1.29, 1.82) is 0 Å². The fourth-order valence-electron chi connectivity index (χ4n) is 0.554. The van der Waals surface area contributed by atoms with Gasteiger partial charge in [-0.15, -0.1) is 0 Å². The van der Waals surface area contributed by atoms with Crippen molar-refractivity contribution in [2.45, 2.75) is 0 Å². The normalized spacial score (nSPS) is 9.00. The van der Waals surface area contributed by atoms with Crippen molar-refractivity contribution in [2.75, 3.05) is 7.11 Å². The predicted molar refractivity (Wildman–Crippen MR) is 41.0 cm³/mol. The van der Waals surface area contributed by atoms with Crippen LogP contribution in [-0.2, 0) is 0 Å². The SMILES string of the molecule is C=Cc1ccc(OC)s1. The standard InChI is InChI=1S/C7H8OS/c1-3-6-4-5-7(8-2)9-6/h3-5H,1H2,2H3. The zero-order chi connectivity index (χ0) is 6.69. The first-order chi connectivity index (χ1) is 4.36. The Morgan fingerprint density at radius 1 is 1.67 bits per heavy atom. The Kier molecular flexibility index (Phi) is 1.90. The van der Waals surface area contributed by atoms with Crippen LogP contribution in [0.1, 0.15) is 4.88 Å². The van der Waals surface area contributed by atoms with E-state index in [4.69, 9.17) is 4.74 Å². The van der Waals surface area contributed by atoms with E-state index in [1.165, 1.54) is 0 Å². The molecule has 0 aliphatic carbocycles. The van der Waals surface area contributed by atoms with E-state index in [9.17, 15) is 0 Å². The summed E-state index contributed by atoms with van der Waals surface area (Å²) in [4.78, 5) is 1.15. The fraction of sp³-hybridized carbons (Fsp3) is 0.143. The molecule has 1 heterocycles. The van der Waals surface area contributed by atoms with E-state index >= 15 is 0 Å². The van der Waals surface area contributed by atoms with Crippen LogP contribution in [0.5, 0.6) is 5.06 Å². The quantitative estimate of drug-likeness (QED) is 0.613. The molecule has 0 spiro atoms. The van der Waals surface area contributed by atoms with Crippen LogP contribution >= 0.6 is 11.3 Å². The van der Waals surface area contributed by atoms with Crippen molar-refractivity contribution in [3.8, 4) is 5.06 Å². The molecule has 0 bridgehead atoms. The molecule has 1 aromatic rings. The molecule has 0 atom stereocenters. The molecule has 0 unspecified atom stereocenters. The number of thiophene rings is 1. The predicted octanol–water partition coefficient (Wildman–Crippen LogP) is 2.40. The highest BCUT2D eigenvalue weighted by molar-refractivity contribution is 7.14. The van der Waals surface area contributed by atoms with Gasteiger partial charge in [0, 0.05) is 4.88 Å². The molecule has 0 saturated carbocycles. The Morgan fingerprint density at radius 2 is 2.44 bits per heavy atom. The zero-order valence-electron chi connectivity index (χ0n) is 5.26. The Morgan fingerprint density at radius 3 is 2.78 bits per heavy atom. The largest absolute Gasteiger partial charge is 0.487 e. The maximum atomic E-state index is 4.97. The van der Waals surface area contributed by atoms with E-state index in [0.717, 1.165) is 9.94 Å². The van der Waals surface area contributed by atoms with Crippen LogP contribution in [0.4, 0.5) is 0 Å². The van der Waals surface area contributed by atoms with Gasteiger partial charge in [-0.3, -0.25) is 0 Å².